The van der Waals surface area contributed by atoms with E-state index in [-0.39, 0.29) is 36.7 Å². The second-order valence-electron chi connectivity index (χ2n) is 7.25. The standard InChI is InChI=1S/C24H26N4O4.HI/c1-25-24(26-10-9-17-7-8-21-22(13-17)32-16-31-21)28-14-18-4-2-5-19(12-18)23(29)27-15-20-6-3-11-30-20;/h2-8,11-13H,9-10,14-16H2,1H3,(H,27,29)(H2,25,26,28);1H. The molecule has 0 spiro atoms. The van der Waals surface area contributed by atoms with Crippen LogP contribution in [0.5, 0.6) is 11.5 Å². The average molecular weight is 562 g/mol. The normalized spacial score (nSPS) is 12.1. The molecule has 8 nitrogen and oxygen atoms in total. The highest BCUT2D eigenvalue weighted by atomic mass is 127. The minimum atomic E-state index is -0.144. The highest BCUT2D eigenvalue weighted by Gasteiger charge is 2.13. The average Bonchev–Trinajstić information content (AvgIpc) is 3.51. The van der Waals surface area contributed by atoms with Gasteiger partial charge in [0.05, 0.1) is 12.8 Å². The fourth-order valence-electron chi connectivity index (χ4n) is 3.33. The molecule has 0 unspecified atom stereocenters. The summed E-state index contributed by atoms with van der Waals surface area (Å²) in [6.07, 6.45) is 2.41. The zero-order valence-electron chi connectivity index (χ0n) is 18.3. The molecule has 2 aromatic carbocycles. The molecule has 33 heavy (non-hydrogen) atoms. The Morgan fingerprint density at radius 2 is 1.82 bits per heavy atom. The van der Waals surface area contributed by atoms with Crippen LogP contribution in [0.25, 0.3) is 0 Å². The van der Waals surface area contributed by atoms with Gasteiger partial charge in [0, 0.05) is 25.7 Å². The third kappa shape index (κ3) is 6.88. The van der Waals surface area contributed by atoms with E-state index in [1.807, 2.05) is 42.5 Å². The van der Waals surface area contributed by atoms with Crippen molar-refractivity contribution in [3.05, 3.63) is 83.3 Å². The Morgan fingerprint density at radius 3 is 2.64 bits per heavy atom. The summed E-state index contributed by atoms with van der Waals surface area (Å²) >= 11 is 0. The zero-order valence-corrected chi connectivity index (χ0v) is 20.6. The first kappa shape index (κ1) is 24.4. The number of carbonyl (C=O) groups excluding carboxylic acids is 1. The number of halogens is 1. The molecular weight excluding hydrogens is 535 g/mol. The van der Waals surface area contributed by atoms with E-state index < -0.39 is 0 Å². The lowest BCUT2D eigenvalue weighted by molar-refractivity contribution is 0.0948. The van der Waals surface area contributed by atoms with Gasteiger partial charge in [0.2, 0.25) is 6.79 Å². The molecule has 3 aromatic rings. The van der Waals surface area contributed by atoms with Gasteiger partial charge in [-0.1, -0.05) is 18.2 Å². The molecule has 0 aliphatic carbocycles. The van der Waals surface area contributed by atoms with Crippen molar-refractivity contribution in [2.75, 3.05) is 20.4 Å². The first-order chi connectivity index (χ1) is 15.7. The fourth-order valence-corrected chi connectivity index (χ4v) is 3.33. The van der Waals surface area contributed by atoms with Crippen molar-refractivity contribution in [2.45, 2.75) is 19.5 Å². The molecule has 174 valence electrons. The maximum Gasteiger partial charge on any atom is 0.251 e. The number of nitrogens with one attached hydrogen (secondary N) is 3. The maximum atomic E-state index is 12.4. The van der Waals surface area contributed by atoms with E-state index in [9.17, 15) is 4.79 Å². The van der Waals surface area contributed by atoms with E-state index in [1.54, 1.807) is 25.4 Å². The molecule has 2 heterocycles. The minimum Gasteiger partial charge on any atom is -0.467 e. The van der Waals surface area contributed by atoms with Gasteiger partial charge in [0.15, 0.2) is 17.5 Å². The molecule has 0 fully saturated rings. The molecule has 3 N–H and O–H groups in total. The third-order valence-corrected chi connectivity index (χ3v) is 5.02. The first-order valence-electron chi connectivity index (χ1n) is 10.4. The Labute approximate surface area is 209 Å². The molecule has 1 aliphatic rings. The number of benzene rings is 2. The number of amides is 1. The predicted molar refractivity (Wildman–Crippen MR) is 136 cm³/mol. The topological polar surface area (TPSA) is 97.1 Å². The molecule has 0 saturated heterocycles. The number of nitrogens with zero attached hydrogens (tertiary/aromatic N) is 1. The van der Waals surface area contributed by atoms with Crippen LogP contribution in [0.15, 0.2) is 70.3 Å². The van der Waals surface area contributed by atoms with Crippen molar-refractivity contribution >= 4 is 35.8 Å². The van der Waals surface area contributed by atoms with Crippen molar-refractivity contribution in [1.82, 2.24) is 16.0 Å². The number of rotatable bonds is 8. The van der Waals surface area contributed by atoms with Gasteiger partial charge in [-0.2, -0.15) is 0 Å². The number of furan rings is 1. The van der Waals surface area contributed by atoms with E-state index >= 15 is 0 Å². The van der Waals surface area contributed by atoms with Crippen molar-refractivity contribution in [2.24, 2.45) is 4.99 Å². The van der Waals surface area contributed by atoms with Crippen LogP contribution in [0.3, 0.4) is 0 Å². The summed E-state index contributed by atoms with van der Waals surface area (Å²) in [5, 5.41) is 9.45. The van der Waals surface area contributed by atoms with E-state index in [4.69, 9.17) is 13.9 Å². The Hall–Kier alpha value is -3.21. The largest absolute Gasteiger partial charge is 0.467 e. The Kier molecular flexibility index (Phi) is 8.99. The van der Waals surface area contributed by atoms with Gasteiger partial charge in [-0.15, -0.1) is 24.0 Å². The molecule has 1 aromatic heterocycles. The lowest BCUT2D eigenvalue weighted by Gasteiger charge is -2.13. The molecular formula is C24H27IN4O4. The fraction of sp³-hybridized carbons (Fsp3) is 0.250. The van der Waals surface area contributed by atoms with E-state index in [0.717, 1.165) is 29.0 Å². The maximum absolute atomic E-state index is 12.4. The highest BCUT2D eigenvalue weighted by molar-refractivity contribution is 14.0. The van der Waals surface area contributed by atoms with Gasteiger partial charge >= 0.3 is 0 Å². The Morgan fingerprint density at radius 1 is 0.939 bits per heavy atom. The third-order valence-electron chi connectivity index (χ3n) is 5.02. The lowest BCUT2D eigenvalue weighted by atomic mass is 10.1. The number of aliphatic imine (C=N–C) groups is 1. The summed E-state index contributed by atoms with van der Waals surface area (Å²) in [4.78, 5) is 16.7. The molecule has 0 saturated carbocycles. The summed E-state index contributed by atoms with van der Waals surface area (Å²) in [6, 6.07) is 17.1. The number of hydrogen-bond acceptors (Lipinski definition) is 5. The van der Waals surface area contributed by atoms with Gasteiger partial charge in [0.1, 0.15) is 5.76 Å². The molecule has 0 bridgehead atoms. The summed E-state index contributed by atoms with van der Waals surface area (Å²) in [5.74, 6) is 2.84. The van der Waals surface area contributed by atoms with Crippen molar-refractivity contribution < 1.29 is 18.7 Å². The summed E-state index contributed by atoms with van der Waals surface area (Å²) in [5.41, 5.74) is 2.74. The molecule has 1 aliphatic heterocycles. The van der Waals surface area contributed by atoms with Gasteiger partial charge in [-0.25, -0.2) is 0 Å². The summed E-state index contributed by atoms with van der Waals surface area (Å²) in [6.45, 7) is 1.90. The highest BCUT2D eigenvalue weighted by Crippen LogP contribution is 2.32. The second-order valence-corrected chi connectivity index (χ2v) is 7.25. The van der Waals surface area contributed by atoms with Gasteiger partial charge in [0.25, 0.3) is 5.91 Å². The number of guanidine groups is 1. The Bertz CT molecular complexity index is 1090. The van der Waals surface area contributed by atoms with E-state index in [1.165, 1.54) is 0 Å². The molecule has 4 rings (SSSR count). The monoisotopic (exact) mass is 562 g/mol. The minimum absolute atomic E-state index is 0. The van der Waals surface area contributed by atoms with Gasteiger partial charge in [-0.3, -0.25) is 9.79 Å². The first-order valence-corrected chi connectivity index (χ1v) is 10.4. The van der Waals surface area contributed by atoms with Crippen LogP contribution < -0.4 is 25.4 Å². The quantitative estimate of drug-likeness (QED) is 0.221. The van der Waals surface area contributed by atoms with Crippen LogP contribution in [-0.2, 0) is 19.5 Å². The molecule has 9 heteroatoms. The van der Waals surface area contributed by atoms with Crippen molar-refractivity contribution in [1.29, 1.82) is 0 Å². The smallest absolute Gasteiger partial charge is 0.251 e. The molecule has 0 atom stereocenters. The predicted octanol–water partition coefficient (Wildman–Crippen LogP) is 3.46. The summed E-state index contributed by atoms with van der Waals surface area (Å²) < 4.78 is 16.0. The van der Waals surface area contributed by atoms with Crippen molar-refractivity contribution in [3.63, 3.8) is 0 Å². The zero-order chi connectivity index (χ0) is 22.2. The molecule has 0 radical (unpaired) electrons. The van der Waals surface area contributed by atoms with Crippen LogP contribution in [0.4, 0.5) is 0 Å². The van der Waals surface area contributed by atoms with Crippen LogP contribution in [0.2, 0.25) is 0 Å². The van der Waals surface area contributed by atoms with Crippen LogP contribution >= 0.6 is 24.0 Å². The number of hydrogen-bond donors (Lipinski definition) is 3. The number of carbonyl (C=O) groups is 1. The van der Waals surface area contributed by atoms with Gasteiger partial charge < -0.3 is 29.8 Å². The van der Waals surface area contributed by atoms with Crippen LogP contribution in [0, 0.1) is 0 Å². The molecule has 1 amide bonds. The number of ether oxygens (including phenoxy) is 2. The van der Waals surface area contributed by atoms with Crippen LogP contribution in [-0.4, -0.2) is 32.3 Å². The van der Waals surface area contributed by atoms with Gasteiger partial charge in [-0.05, 0) is 53.9 Å². The lowest BCUT2D eigenvalue weighted by Crippen LogP contribution is -2.37. The SMILES string of the molecule is CN=C(NCCc1ccc2c(c1)OCO2)NCc1cccc(C(=O)NCc2ccco2)c1.I. The van der Waals surface area contributed by atoms with Crippen molar-refractivity contribution in [3.8, 4) is 11.5 Å². The number of fused-ring (bicyclic) bond motifs is 1. The van der Waals surface area contributed by atoms with Crippen LogP contribution in [0.1, 0.15) is 27.2 Å². The second kappa shape index (κ2) is 12.1. The van der Waals surface area contributed by atoms with E-state index in [0.29, 0.717) is 36.9 Å². The summed E-state index contributed by atoms with van der Waals surface area (Å²) in [7, 11) is 1.73. The Balaban J connectivity index is 0.00000306. The van der Waals surface area contributed by atoms with E-state index in [2.05, 4.69) is 20.9 Å².